The van der Waals surface area contributed by atoms with Crippen LogP contribution in [0.2, 0.25) is 0 Å². The number of aryl methyl sites for hydroxylation is 1. The van der Waals surface area contributed by atoms with Gasteiger partial charge in [-0.3, -0.25) is 14.5 Å². The summed E-state index contributed by atoms with van der Waals surface area (Å²) >= 11 is 1.19. The zero-order valence-electron chi connectivity index (χ0n) is 17.0. The normalized spacial score (nSPS) is 17.6. The number of halogens is 3. The topological polar surface area (TPSA) is 65.5 Å². The van der Waals surface area contributed by atoms with Crippen LogP contribution in [0.25, 0.3) is 10.6 Å². The Balaban J connectivity index is 1.37. The third-order valence-corrected chi connectivity index (χ3v) is 6.61. The standard InChI is InChI=1S/C21H23F3N4O2S/c1-13-18(31-19(25-13)14-2-4-15(5-3-14)21(22,23)24)20(30)28-10-8-27(9-11-28)12-17(29)26-16-6-7-16/h2-5,16H,6-12H2,1H3,(H,26,29). The van der Waals surface area contributed by atoms with Crippen LogP contribution < -0.4 is 5.32 Å². The van der Waals surface area contributed by atoms with Crippen LogP contribution in [-0.2, 0) is 11.0 Å². The fourth-order valence-corrected chi connectivity index (χ4v) is 4.52. The molecule has 1 aromatic carbocycles. The van der Waals surface area contributed by atoms with Gasteiger partial charge in [0.2, 0.25) is 5.91 Å². The van der Waals surface area contributed by atoms with Gasteiger partial charge in [-0.25, -0.2) is 4.98 Å². The number of carbonyl (C=O) groups is 2. The molecule has 4 rings (SSSR count). The highest BCUT2D eigenvalue weighted by Gasteiger charge is 2.31. The van der Waals surface area contributed by atoms with Gasteiger partial charge in [0.25, 0.3) is 5.91 Å². The van der Waals surface area contributed by atoms with Gasteiger partial charge in [0.1, 0.15) is 9.88 Å². The smallest absolute Gasteiger partial charge is 0.352 e. The van der Waals surface area contributed by atoms with Gasteiger partial charge in [0.05, 0.1) is 17.8 Å². The van der Waals surface area contributed by atoms with E-state index in [1.165, 1.54) is 23.5 Å². The van der Waals surface area contributed by atoms with Crippen LogP contribution in [0.1, 0.15) is 33.8 Å². The summed E-state index contributed by atoms with van der Waals surface area (Å²) in [5.41, 5.74) is 0.396. The SMILES string of the molecule is Cc1nc(-c2ccc(C(F)(F)F)cc2)sc1C(=O)N1CCN(CC(=O)NC2CC2)CC1. The van der Waals surface area contributed by atoms with E-state index in [-0.39, 0.29) is 11.8 Å². The van der Waals surface area contributed by atoms with E-state index >= 15 is 0 Å². The first-order valence-electron chi connectivity index (χ1n) is 10.2. The third kappa shape index (κ3) is 5.24. The summed E-state index contributed by atoms with van der Waals surface area (Å²) < 4.78 is 38.3. The predicted molar refractivity (Wildman–Crippen MR) is 111 cm³/mol. The van der Waals surface area contributed by atoms with Crippen LogP contribution in [0.5, 0.6) is 0 Å². The van der Waals surface area contributed by atoms with E-state index in [1.807, 2.05) is 4.90 Å². The Morgan fingerprint density at radius 3 is 2.35 bits per heavy atom. The highest BCUT2D eigenvalue weighted by atomic mass is 32.1. The maximum atomic E-state index is 13.0. The molecule has 1 saturated carbocycles. The lowest BCUT2D eigenvalue weighted by atomic mass is 10.1. The monoisotopic (exact) mass is 452 g/mol. The molecule has 1 aromatic heterocycles. The van der Waals surface area contributed by atoms with E-state index in [0.717, 1.165) is 25.0 Å². The first-order chi connectivity index (χ1) is 14.7. The number of rotatable bonds is 5. The van der Waals surface area contributed by atoms with Crippen molar-refractivity contribution >= 4 is 23.2 Å². The number of nitrogens with zero attached hydrogens (tertiary/aromatic N) is 3. The second-order valence-electron chi connectivity index (χ2n) is 7.92. The summed E-state index contributed by atoms with van der Waals surface area (Å²) in [7, 11) is 0. The summed E-state index contributed by atoms with van der Waals surface area (Å²) in [5, 5.41) is 3.49. The van der Waals surface area contributed by atoms with Gasteiger partial charge in [0, 0.05) is 37.8 Å². The fraction of sp³-hybridized carbons (Fsp3) is 0.476. The summed E-state index contributed by atoms with van der Waals surface area (Å²) in [6.07, 6.45) is -2.29. The number of piperazine rings is 1. The molecule has 0 radical (unpaired) electrons. The quantitative estimate of drug-likeness (QED) is 0.757. The van der Waals surface area contributed by atoms with Crippen molar-refractivity contribution in [2.24, 2.45) is 0 Å². The van der Waals surface area contributed by atoms with Gasteiger partial charge in [-0.05, 0) is 31.9 Å². The highest BCUT2D eigenvalue weighted by molar-refractivity contribution is 7.17. The van der Waals surface area contributed by atoms with Gasteiger partial charge >= 0.3 is 6.18 Å². The van der Waals surface area contributed by atoms with Crippen molar-refractivity contribution in [1.82, 2.24) is 20.1 Å². The first-order valence-corrected chi connectivity index (χ1v) is 11.0. The van der Waals surface area contributed by atoms with Crippen molar-refractivity contribution in [3.05, 3.63) is 40.4 Å². The number of benzene rings is 1. The van der Waals surface area contributed by atoms with E-state index in [2.05, 4.69) is 10.3 Å². The van der Waals surface area contributed by atoms with E-state index in [0.29, 0.717) is 59.9 Å². The van der Waals surface area contributed by atoms with Gasteiger partial charge < -0.3 is 10.2 Å². The summed E-state index contributed by atoms with van der Waals surface area (Å²) in [6, 6.07) is 5.13. The number of amides is 2. The molecule has 0 bridgehead atoms. The molecule has 6 nitrogen and oxygen atoms in total. The number of alkyl halides is 3. The largest absolute Gasteiger partial charge is 0.416 e. The minimum Gasteiger partial charge on any atom is -0.352 e. The number of hydrogen-bond donors (Lipinski definition) is 1. The lowest BCUT2D eigenvalue weighted by molar-refractivity contribution is -0.137. The van der Waals surface area contributed by atoms with Crippen molar-refractivity contribution in [3.8, 4) is 10.6 Å². The van der Waals surface area contributed by atoms with E-state index < -0.39 is 11.7 Å². The molecule has 1 saturated heterocycles. The highest BCUT2D eigenvalue weighted by Crippen LogP contribution is 2.33. The average Bonchev–Trinajstić information content (AvgIpc) is 3.45. The molecule has 2 heterocycles. The average molecular weight is 453 g/mol. The molecule has 2 aliphatic rings. The molecule has 0 atom stereocenters. The van der Waals surface area contributed by atoms with E-state index in [1.54, 1.807) is 11.8 Å². The Kier molecular flexibility index (Phi) is 6.02. The van der Waals surface area contributed by atoms with E-state index in [9.17, 15) is 22.8 Å². The van der Waals surface area contributed by atoms with Gasteiger partial charge in [-0.2, -0.15) is 13.2 Å². The fourth-order valence-electron chi connectivity index (χ4n) is 3.48. The molecule has 1 aliphatic heterocycles. The third-order valence-electron chi connectivity index (χ3n) is 5.42. The van der Waals surface area contributed by atoms with Gasteiger partial charge in [-0.1, -0.05) is 12.1 Å². The predicted octanol–water partition coefficient (Wildman–Crippen LogP) is 3.17. The second-order valence-corrected chi connectivity index (χ2v) is 8.92. The van der Waals surface area contributed by atoms with Gasteiger partial charge in [-0.15, -0.1) is 11.3 Å². The van der Waals surface area contributed by atoms with Crippen molar-refractivity contribution in [2.45, 2.75) is 32.0 Å². The Hall–Kier alpha value is -2.46. The maximum Gasteiger partial charge on any atom is 0.416 e. The zero-order chi connectivity index (χ0) is 22.2. The second kappa shape index (κ2) is 8.58. The zero-order valence-corrected chi connectivity index (χ0v) is 17.9. The molecular formula is C21H23F3N4O2S. The van der Waals surface area contributed by atoms with Crippen molar-refractivity contribution in [3.63, 3.8) is 0 Å². The molecule has 2 fully saturated rings. The van der Waals surface area contributed by atoms with Crippen molar-refractivity contribution in [1.29, 1.82) is 0 Å². The number of hydrogen-bond acceptors (Lipinski definition) is 5. The van der Waals surface area contributed by atoms with Gasteiger partial charge in [0.15, 0.2) is 0 Å². The van der Waals surface area contributed by atoms with Crippen molar-refractivity contribution < 1.29 is 22.8 Å². The molecule has 0 unspecified atom stereocenters. The summed E-state index contributed by atoms with van der Waals surface area (Å²) in [6.45, 7) is 4.35. The lowest BCUT2D eigenvalue weighted by Gasteiger charge is -2.34. The molecule has 0 spiro atoms. The Labute approximate surface area is 182 Å². The maximum absolute atomic E-state index is 13.0. The minimum atomic E-state index is -4.39. The molecule has 1 N–H and O–H groups in total. The number of thiazole rings is 1. The molecule has 31 heavy (non-hydrogen) atoms. The Bertz CT molecular complexity index is 962. The Morgan fingerprint density at radius 2 is 1.77 bits per heavy atom. The van der Waals surface area contributed by atoms with E-state index in [4.69, 9.17) is 0 Å². The lowest BCUT2D eigenvalue weighted by Crippen LogP contribution is -2.51. The van der Waals surface area contributed by atoms with Crippen LogP contribution in [-0.4, -0.2) is 65.4 Å². The minimum absolute atomic E-state index is 0.0294. The van der Waals surface area contributed by atoms with Crippen LogP contribution in [0.4, 0.5) is 13.2 Å². The van der Waals surface area contributed by atoms with Crippen LogP contribution in [0.3, 0.4) is 0 Å². The molecular weight excluding hydrogens is 429 g/mol. The Morgan fingerprint density at radius 1 is 1.13 bits per heavy atom. The van der Waals surface area contributed by atoms with Crippen LogP contribution in [0, 0.1) is 6.92 Å². The van der Waals surface area contributed by atoms with Crippen molar-refractivity contribution in [2.75, 3.05) is 32.7 Å². The molecule has 2 aromatic rings. The number of carbonyl (C=O) groups excluding carboxylic acids is 2. The number of aromatic nitrogens is 1. The molecule has 1 aliphatic carbocycles. The summed E-state index contributed by atoms with van der Waals surface area (Å²) in [5.74, 6) is -0.1000. The van der Waals surface area contributed by atoms with Crippen LogP contribution in [0.15, 0.2) is 24.3 Å². The van der Waals surface area contributed by atoms with Crippen LogP contribution >= 0.6 is 11.3 Å². The molecule has 10 heteroatoms. The summed E-state index contributed by atoms with van der Waals surface area (Å²) in [4.78, 5) is 33.6. The first kappa shape index (κ1) is 21.8. The molecule has 166 valence electrons. The number of nitrogens with one attached hydrogen (secondary N) is 1. The molecule has 2 amide bonds.